The minimum atomic E-state index is -0.480. The molecule has 1 fully saturated rings. The number of amides is 1. The first kappa shape index (κ1) is 23.0. The van der Waals surface area contributed by atoms with Gasteiger partial charge in [-0.2, -0.15) is 5.06 Å². The van der Waals surface area contributed by atoms with E-state index in [4.69, 9.17) is 9.57 Å². The van der Waals surface area contributed by atoms with Gasteiger partial charge in [0.05, 0.1) is 12.7 Å². The van der Waals surface area contributed by atoms with E-state index in [1.807, 2.05) is 23.1 Å². The zero-order valence-corrected chi connectivity index (χ0v) is 19.5. The highest BCUT2D eigenvalue weighted by Crippen LogP contribution is 2.47. The van der Waals surface area contributed by atoms with Crippen LogP contribution < -0.4 is 0 Å². The minimum absolute atomic E-state index is 0.0174. The van der Waals surface area contributed by atoms with E-state index in [1.54, 1.807) is 19.3 Å². The number of carbonyl (C=O) groups excluding carboxylic acids is 1. The maximum atomic E-state index is 13.7. The highest BCUT2D eigenvalue weighted by molar-refractivity contribution is 6.23. The van der Waals surface area contributed by atoms with Crippen LogP contribution >= 0.6 is 0 Å². The molecule has 0 N–H and O–H groups in total. The van der Waals surface area contributed by atoms with Crippen LogP contribution in [0, 0.1) is 20.8 Å². The van der Waals surface area contributed by atoms with E-state index in [2.05, 4.69) is 46.1 Å². The lowest BCUT2D eigenvalue weighted by molar-refractivity contribution is -0.162. The number of likely N-dealkylation sites (N-methyl/N-ethyl adjacent to an activating group) is 1. The number of hydroxylamine groups is 2. The molecule has 1 aromatic rings. The summed E-state index contributed by atoms with van der Waals surface area (Å²) in [5.41, 5.74) is 5.48. The van der Waals surface area contributed by atoms with Gasteiger partial charge in [0.2, 0.25) is 0 Å². The summed E-state index contributed by atoms with van der Waals surface area (Å²) >= 11 is 0. The van der Waals surface area contributed by atoms with E-state index in [1.165, 1.54) is 5.56 Å². The number of allylic oxidation sites excluding steroid dienone is 2. The average molecular weight is 423 g/mol. The van der Waals surface area contributed by atoms with E-state index < -0.39 is 5.54 Å². The van der Waals surface area contributed by atoms with Gasteiger partial charge in [-0.25, -0.2) is 0 Å². The van der Waals surface area contributed by atoms with E-state index >= 15 is 0 Å². The summed E-state index contributed by atoms with van der Waals surface area (Å²) in [4.78, 5) is 21.0. The predicted molar refractivity (Wildman–Crippen MR) is 125 cm³/mol. The second kappa shape index (κ2) is 9.25. The molecule has 0 unspecified atom stereocenters. The Morgan fingerprint density at radius 1 is 1.16 bits per heavy atom. The average Bonchev–Trinajstić information content (AvgIpc) is 2.93. The third-order valence-corrected chi connectivity index (χ3v) is 6.52. The Kier molecular flexibility index (Phi) is 6.87. The molecule has 0 saturated carbocycles. The highest BCUT2D eigenvalue weighted by atomic mass is 16.7. The van der Waals surface area contributed by atoms with Crippen LogP contribution in [-0.2, 0) is 14.4 Å². The van der Waals surface area contributed by atoms with Crippen molar-refractivity contribution in [1.82, 2.24) is 9.96 Å². The largest absolute Gasteiger partial charge is 0.490 e. The lowest BCUT2D eigenvalue weighted by Crippen LogP contribution is -2.53. The van der Waals surface area contributed by atoms with Crippen LogP contribution in [0.5, 0.6) is 0 Å². The van der Waals surface area contributed by atoms with Gasteiger partial charge in [-0.05, 0) is 55.9 Å². The SMILES string of the molecule is C=C/C=C(\C=C)COC1=C(c2c(C)cc(C)cc2C)C(=O)N(C)C12CCN(OC)CC2. The summed E-state index contributed by atoms with van der Waals surface area (Å²) in [6.45, 7) is 15.7. The van der Waals surface area contributed by atoms with Crippen molar-refractivity contribution in [2.75, 3.05) is 33.9 Å². The standard InChI is InChI=1S/C26H34N2O3/c1-8-10-21(9-2)17-31-24-23(22-19(4)15-18(3)16-20(22)5)25(29)27(6)26(24)11-13-28(30-7)14-12-26/h8-10,15-16H,1-2,11-14,17H2,3-7H3/b21-10+. The fourth-order valence-corrected chi connectivity index (χ4v) is 4.93. The first-order valence-corrected chi connectivity index (χ1v) is 10.8. The fraction of sp³-hybridized carbons (Fsp3) is 0.423. The Morgan fingerprint density at radius 2 is 1.77 bits per heavy atom. The molecule has 3 rings (SSSR count). The van der Waals surface area contributed by atoms with Crippen LogP contribution in [0.2, 0.25) is 0 Å². The monoisotopic (exact) mass is 422 g/mol. The van der Waals surface area contributed by atoms with Crippen molar-refractivity contribution in [3.8, 4) is 0 Å². The normalized spacial score (nSPS) is 19.3. The molecular formula is C26H34N2O3. The summed E-state index contributed by atoms with van der Waals surface area (Å²) in [6, 6.07) is 4.26. The number of carbonyl (C=O) groups is 1. The summed E-state index contributed by atoms with van der Waals surface area (Å²) in [6.07, 6.45) is 6.88. The molecule has 0 aromatic heterocycles. The molecule has 31 heavy (non-hydrogen) atoms. The van der Waals surface area contributed by atoms with Crippen LogP contribution in [0.1, 0.15) is 35.1 Å². The molecule has 1 saturated heterocycles. The maximum absolute atomic E-state index is 13.7. The summed E-state index contributed by atoms with van der Waals surface area (Å²) in [7, 11) is 3.59. The van der Waals surface area contributed by atoms with E-state index in [-0.39, 0.29) is 5.91 Å². The quantitative estimate of drug-likeness (QED) is 0.607. The Bertz CT molecular complexity index is 926. The number of nitrogens with zero attached hydrogens (tertiary/aromatic N) is 2. The molecule has 0 radical (unpaired) electrons. The molecule has 0 atom stereocenters. The first-order chi connectivity index (χ1) is 14.8. The van der Waals surface area contributed by atoms with Gasteiger partial charge in [0, 0.05) is 20.1 Å². The Hall–Kier alpha value is -2.63. The van der Waals surface area contributed by atoms with Crippen molar-refractivity contribution in [2.45, 2.75) is 39.2 Å². The lowest BCUT2D eigenvalue weighted by Gasteiger charge is -2.43. The molecule has 1 spiro atoms. The topological polar surface area (TPSA) is 42.0 Å². The van der Waals surface area contributed by atoms with Crippen molar-refractivity contribution in [1.29, 1.82) is 0 Å². The van der Waals surface area contributed by atoms with Crippen LogP contribution in [-0.4, -0.2) is 55.3 Å². The van der Waals surface area contributed by atoms with Gasteiger partial charge in [-0.15, -0.1) is 0 Å². The number of aryl methyl sites for hydroxylation is 3. The number of hydrogen-bond acceptors (Lipinski definition) is 4. The van der Waals surface area contributed by atoms with Crippen molar-refractivity contribution < 1.29 is 14.4 Å². The first-order valence-electron chi connectivity index (χ1n) is 10.8. The number of hydrogen-bond donors (Lipinski definition) is 0. The smallest absolute Gasteiger partial charge is 0.258 e. The van der Waals surface area contributed by atoms with Gasteiger partial charge in [-0.3, -0.25) is 4.79 Å². The van der Waals surface area contributed by atoms with Crippen molar-refractivity contribution in [3.63, 3.8) is 0 Å². The van der Waals surface area contributed by atoms with Gasteiger partial charge in [0.25, 0.3) is 5.91 Å². The molecule has 2 heterocycles. The van der Waals surface area contributed by atoms with Crippen LogP contribution in [0.15, 0.2) is 54.9 Å². The Labute approximate surface area is 186 Å². The van der Waals surface area contributed by atoms with Gasteiger partial charge in [0.15, 0.2) is 0 Å². The Morgan fingerprint density at radius 3 is 2.29 bits per heavy atom. The number of piperidine rings is 1. The van der Waals surface area contributed by atoms with Gasteiger partial charge >= 0.3 is 0 Å². The molecule has 5 heteroatoms. The predicted octanol–water partition coefficient (Wildman–Crippen LogP) is 4.51. The van der Waals surface area contributed by atoms with Crippen molar-refractivity contribution >= 4 is 11.5 Å². The second-order valence-electron chi connectivity index (χ2n) is 8.46. The van der Waals surface area contributed by atoms with Gasteiger partial charge < -0.3 is 14.5 Å². The molecule has 1 aromatic carbocycles. The fourth-order valence-electron chi connectivity index (χ4n) is 4.93. The number of rotatable bonds is 7. The van der Waals surface area contributed by atoms with Crippen molar-refractivity contribution in [2.24, 2.45) is 0 Å². The zero-order valence-electron chi connectivity index (χ0n) is 19.5. The molecule has 2 aliphatic rings. The third kappa shape index (κ3) is 4.12. The molecule has 2 aliphatic heterocycles. The highest BCUT2D eigenvalue weighted by Gasteiger charge is 2.53. The maximum Gasteiger partial charge on any atom is 0.258 e. The minimum Gasteiger partial charge on any atom is -0.490 e. The molecule has 0 aliphatic carbocycles. The van der Waals surface area contributed by atoms with Crippen LogP contribution in [0.4, 0.5) is 0 Å². The molecule has 1 amide bonds. The van der Waals surface area contributed by atoms with Crippen molar-refractivity contribution in [3.05, 3.63) is 77.1 Å². The van der Waals surface area contributed by atoms with E-state index in [0.717, 1.165) is 54.0 Å². The van der Waals surface area contributed by atoms with Crippen LogP contribution in [0.25, 0.3) is 5.57 Å². The second-order valence-corrected chi connectivity index (χ2v) is 8.46. The summed E-state index contributed by atoms with van der Waals surface area (Å²) < 4.78 is 6.49. The lowest BCUT2D eigenvalue weighted by atomic mass is 9.84. The number of benzene rings is 1. The third-order valence-electron chi connectivity index (χ3n) is 6.52. The zero-order chi connectivity index (χ0) is 22.8. The molecule has 0 bridgehead atoms. The summed E-state index contributed by atoms with van der Waals surface area (Å²) in [5, 5.41) is 1.94. The van der Waals surface area contributed by atoms with Gasteiger partial charge in [-0.1, -0.05) is 49.1 Å². The number of ether oxygens (including phenoxy) is 1. The molecule has 5 nitrogen and oxygen atoms in total. The Balaban J connectivity index is 2.16. The van der Waals surface area contributed by atoms with E-state index in [9.17, 15) is 4.79 Å². The summed E-state index contributed by atoms with van der Waals surface area (Å²) in [5.74, 6) is 0.784. The van der Waals surface area contributed by atoms with Crippen LogP contribution in [0.3, 0.4) is 0 Å². The molecular weight excluding hydrogens is 388 g/mol. The van der Waals surface area contributed by atoms with E-state index in [0.29, 0.717) is 12.2 Å². The van der Waals surface area contributed by atoms with Gasteiger partial charge in [0.1, 0.15) is 17.9 Å². The molecule has 166 valence electrons.